The molecule has 2 aromatic heterocycles. The fourth-order valence-corrected chi connectivity index (χ4v) is 2.75. The summed E-state index contributed by atoms with van der Waals surface area (Å²) < 4.78 is 0. The van der Waals surface area contributed by atoms with E-state index in [4.69, 9.17) is 0 Å². The van der Waals surface area contributed by atoms with Gasteiger partial charge in [0.2, 0.25) is 5.91 Å². The first-order chi connectivity index (χ1) is 10.7. The molecule has 5 nitrogen and oxygen atoms in total. The third kappa shape index (κ3) is 4.90. The van der Waals surface area contributed by atoms with Gasteiger partial charge in [0.25, 0.3) is 0 Å². The van der Waals surface area contributed by atoms with Crippen LogP contribution in [-0.4, -0.2) is 40.4 Å². The smallest absolute Gasteiger partial charge is 0.227 e. The van der Waals surface area contributed by atoms with Gasteiger partial charge in [-0.15, -0.1) is 24.8 Å². The second-order valence-electron chi connectivity index (χ2n) is 5.58. The van der Waals surface area contributed by atoms with Gasteiger partial charge in [-0.3, -0.25) is 14.8 Å². The normalized spacial score (nSPS) is 16.7. The van der Waals surface area contributed by atoms with Crippen molar-refractivity contribution in [1.82, 2.24) is 20.2 Å². The topological polar surface area (TPSA) is 58.1 Å². The molecular weight excluding hydrogens is 347 g/mol. The zero-order valence-electron chi connectivity index (χ0n) is 13.5. The molecule has 2 aromatic rings. The Labute approximate surface area is 154 Å². The van der Waals surface area contributed by atoms with Gasteiger partial charge in [0, 0.05) is 43.9 Å². The second-order valence-corrected chi connectivity index (χ2v) is 5.58. The highest BCUT2D eigenvalue weighted by Gasteiger charge is 2.27. The lowest BCUT2D eigenvalue weighted by Gasteiger charge is -2.36. The van der Waals surface area contributed by atoms with Gasteiger partial charge < -0.3 is 10.2 Å². The molecule has 130 valence electrons. The average Bonchev–Trinajstić information content (AvgIpc) is 2.58. The third-order valence-corrected chi connectivity index (χ3v) is 3.96. The Morgan fingerprint density at radius 3 is 2.79 bits per heavy atom. The number of rotatable bonds is 3. The highest BCUT2D eigenvalue weighted by Crippen LogP contribution is 2.22. The van der Waals surface area contributed by atoms with Crippen LogP contribution in [0.15, 0.2) is 42.9 Å². The van der Waals surface area contributed by atoms with Crippen LogP contribution in [0.25, 0.3) is 0 Å². The molecular formula is C17H22Cl2N4O. The van der Waals surface area contributed by atoms with Gasteiger partial charge in [0.1, 0.15) is 0 Å². The van der Waals surface area contributed by atoms with Crippen LogP contribution in [0.5, 0.6) is 0 Å². The van der Waals surface area contributed by atoms with Gasteiger partial charge >= 0.3 is 0 Å². The molecule has 0 aromatic carbocycles. The van der Waals surface area contributed by atoms with Gasteiger partial charge in [0.05, 0.1) is 12.5 Å². The Hall–Kier alpha value is -1.69. The predicted molar refractivity (Wildman–Crippen MR) is 98.7 cm³/mol. The molecule has 0 aliphatic carbocycles. The number of hydrogen-bond acceptors (Lipinski definition) is 4. The van der Waals surface area contributed by atoms with Crippen LogP contribution >= 0.6 is 24.8 Å². The minimum absolute atomic E-state index is 0. The fourth-order valence-electron chi connectivity index (χ4n) is 2.75. The summed E-state index contributed by atoms with van der Waals surface area (Å²) in [5, 5.41) is 3.36. The van der Waals surface area contributed by atoms with Gasteiger partial charge in [-0.2, -0.15) is 0 Å². The summed E-state index contributed by atoms with van der Waals surface area (Å²) in [6.45, 7) is 4.26. The summed E-state index contributed by atoms with van der Waals surface area (Å²) in [5.41, 5.74) is 3.00. The molecule has 1 aliphatic heterocycles. The molecule has 0 saturated carbocycles. The SMILES string of the molecule is Cc1ccc(CC(=O)N2CCNCC2c2cccnc2)cn1.Cl.Cl. The molecule has 0 bridgehead atoms. The van der Waals surface area contributed by atoms with Crippen molar-refractivity contribution in [3.63, 3.8) is 0 Å². The van der Waals surface area contributed by atoms with Crippen LogP contribution in [0.1, 0.15) is 22.9 Å². The molecule has 3 rings (SSSR count). The average molecular weight is 369 g/mol. The van der Waals surface area contributed by atoms with E-state index < -0.39 is 0 Å². The van der Waals surface area contributed by atoms with Crippen LogP contribution in [0, 0.1) is 6.92 Å². The molecule has 24 heavy (non-hydrogen) atoms. The van der Waals surface area contributed by atoms with E-state index in [9.17, 15) is 4.79 Å². The lowest BCUT2D eigenvalue weighted by molar-refractivity contribution is -0.133. The Balaban J connectivity index is 0.00000144. The molecule has 1 fully saturated rings. The summed E-state index contributed by atoms with van der Waals surface area (Å²) in [6, 6.07) is 7.91. The minimum atomic E-state index is 0. The quantitative estimate of drug-likeness (QED) is 0.903. The van der Waals surface area contributed by atoms with E-state index in [0.717, 1.165) is 36.5 Å². The summed E-state index contributed by atoms with van der Waals surface area (Å²) >= 11 is 0. The van der Waals surface area contributed by atoms with Crippen molar-refractivity contribution in [3.05, 3.63) is 59.7 Å². The van der Waals surface area contributed by atoms with Crippen LogP contribution in [-0.2, 0) is 11.2 Å². The van der Waals surface area contributed by atoms with E-state index in [1.165, 1.54) is 0 Å². The molecule has 3 heterocycles. The largest absolute Gasteiger partial charge is 0.333 e. The lowest BCUT2D eigenvalue weighted by atomic mass is 10.0. The van der Waals surface area contributed by atoms with Crippen molar-refractivity contribution in [3.8, 4) is 0 Å². The van der Waals surface area contributed by atoms with Crippen LogP contribution < -0.4 is 5.32 Å². The molecule has 0 radical (unpaired) electrons. The Kier molecular flexibility index (Phi) is 8.11. The molecule has 1 N–H and O–H groups in total. The summed E-state index contributed by atoms with van der Waals surface area (Å²) in [7, 11) is 0. The van der Waals surface area contributed by atoms with E-state index in [0.29, 0.717) is 6.42 Å². The van der Waals surface area contributed by atoms with Crippen LogP contribution in [0.3, 0.4) is 0 Å². The number of nitrogens with one attached hydrogen (secondary N) is 1. The summed E-state index contributed by atoms with van der Waals surface area (Å²) in [4.78, 5) is 23.1. The maximum Gasteiger partial charge on any atom is 0.227 e. The Morgan fingerprint density at radius 1 is 1.29 bits per heavy atom. The van der Waals surface area contributed by atoms with Gasteiger partial charge in [-0.25, -0.2) is 0 Å². The van der Waals surface area contributed by atoms with E-state index >= 15 is 0 Å². The molecule has 0 spiro atoms. The molecule has 1 aliphatic rings. The first-order valence-electron chi connectivity index (χ1n) is 7.55. The Morgan fingerprint density at radius 2 is 2.12 bits per heavy atom. The summed E-state index contributed by atoms with van der Waals surface area (Å²) in [5.74, 6) is 0.140. The van der Waals surface area contributed by atoms with Crippen molar-refractivity contribution < 1.29 is 4.79 Å². The van der Waals surface area contributed by atoms with Crippen molar-refractivity contribution in [2.75, 3.05) is 19.6 Å². The van der Waals surface area contributed by atoms with Crippen LogP contribution in [0.2, 0.25) is 0 Å². The zero-order valence-corrected chi connectivity index (χ0v) is 15.1. The van der Waals surface area contributed by atoms with Crippen molar-refractivity contribution in [2.24, 2.45) is 0 Å². The minimum Gasteiger partial charge on any atom is -0.333 e. The van der Waals surface area contributed by atoms with Crippen LogP contribution in [0.4, 0.5) is 0 Å². The molecule has 1 unspecified atom stereocenters. The van der Waals surface area contributed by atoms with Gasteiger partial charge in [-0.05, 0) is 30.2 Å². The molecule has 7 heteroatoms. The number of carbonyl (C=O) groups is 1. The number of nitrogens with zero attached hydrogens (tertiary/aromatic N) is 3. The maximum absolute atomic E-state index is 12.7. The number of carbonyl (C=O) groups excluding carboxylic acids is 1. The van der Waals surface area contributed by atoms with E-state index in [2.05, 4.69) is 15.3 Å². The lowest BCUT2D eigenvalue weighted by Crippen LogP contribution is -2.49. The fraction of sp³-hybridized carbons (Fsp3) is 0.353. The highest BCUT2D eigenvalue weighted by molar-refractivity contribution is 5.85. The number of pyridine rings is 2. The van der Waals surface area contributed by atoms with Gasteiger partial charge in [0.15, 0.2) is 0 Å². The van der Waals surface area contributed by atoms with Crippen molar-refractivity contribution >= 4 is 30.7 Å². The number of amides is 1. The monoisotopic (exact) mass is 368 g/mol. The standard InChI is InChI=1S/C17H20N4O.2ClH/c1-13-4-5-14(10-20-13)9-17(22)21-8-7-19-12-16(21)15-3-2-6-18-11-15;;/h2-6,10-11,16,19H,7-9,12H2,1H3;2*1H. The van der Waals surface area contributed by atoms with Gasteiger partial charge in [-0.1, -0.05) is 12.1 Å². The number of aromatic nitrogens is 2. The number of hydrogen-bond donors (Lipinski definition) is 1. The predicted octanol–water partition coefficient (Wildman–Crippen LogP) is 2.34. The number of halogens is 2. The first kappa shape index (κ1) is 20.4. The third-order valence-electron chi connectivity index (χ3n) is 3.96. The number of piperazine rings is 1. The molecule has 1 amide bonds. The molecule has 1 atom stereocenters. The van der Waals surface area contributed by atoms with E-state index in [-0.39, 0.29) is 36.8 Å². The highest BCUT2D eigenvalue weighted by atomic mass is 35.5. The maximum atomic E-state index is 12.7. The van der Waals surface area contributed by atoms with E-state index in [1.54, 1.807) is 12.4 Å². The number of aryl methyl sites for hydroxylation is 1. The molecule has 1 saturated heterocycles. The van der Waals surface area contributed by atoms with Crippen molar-refractivity contribution in [1.29, 1.82) is 0 Å². The Bertz CT molecular complexity index is 637. The van der Waals surface area contributed by atoms with Crippen molar-refractivity contribution in [2.45, 2.75) is 19.4 Å². The second kappa shape index (κ2) is 9.57. The zero-order chi connectivity index (χ0) is 15.4. The first-order valence-corrected chi connectivity index (χ1v) is 7.55. The van der Waals surface area contributed by atoms with E-state index in [1.807, 2.05) is 42.3 Å². The summed E-state index contributed by atoms with van der Waals surface area (Å²) in [6.07, 6.45) is 5.77.